The first kappa shape index (κ1) is 22.0. The number of methoxy groups -OCH3 is 1. The molecule has 0 spiro atoms. The first-order valence-corrected chi connectivity index (χ1v) is 11.0. The zero-order valence-corrected chi connectivity index (χ0v) is 18.8. The van der Waals surface area contributed by atoms with Gasteiger partial charge >= 0.3 is 0 Å². The normalized spacial score (nSPS) is 18.7. The molecule has 1 aliphatic heterocycles. The first-order chi connectivity index (χ1) is 15.5. The van der Waals surface area contributed by atoms with Crippen molar-refractivity contribution in [2.45, 2.75) is 45.4 Å². The van der Waals surface area contributed by atoms with Crippen LogP contribution in [0.5, 0.6) is 5.75 Å². The minimum Gasteiger partial charge on any atom is -0.497 e. The van der Waals surface area contributed by atoms with Crippen molar-refractivity contribution < 1.29 is 14.3 Å². The second kappa shape index (κ2) is 9.95. The molecule has 1 fully saturated rings. The fourth-order valence-corrected chi connectivity index (χ4v) is 4.09. The average Bonchev–Trinajstić information content (AvgIpc) is 3.20. The van der Waals surface area contributed by atoms with Crippen molar-refractivity contribution in [1.29, 1.82) is 0 Å². The average molecular weight is 439 g/mol. The predicted octanol–water partition coefficient (Wildman–Crippen LogP) is 2.20. The fraction of sp³-hybridized carbons (Fsp3) is 0.478. The van der Waals surface area contributed by atoms with E-state index in [0.717, 1.165) is 41.3 Å². The van der Waals surface area contributed by atoms with Gasteiger partial charge in [-0.25, -0.2) is 14.6 Å². The lowest BCUT2D eigenvalue weighted by Crippen LogP contribution is -2.45. The predicted molar refractivity (Wildman–Crippen MR) is 122 cm³/mol. The van der Waals surface area contributed by atoms with E-state index in [2.05, 4.69) is 39.1 Å². The minimum absolute atomic E-state index is 0.0175. The number of nitrogens with one attached hydrogen (secondary N) is 1. The van der Waals surface area contributed by atoms with Crippen LogP contribution in [0.3, 0.4) is 0 Å². The number of amides is 1. The Labute approximate surface area is 187 Å². The van der Waals surface area contributed by atoms with Gasteiger partial charge in [0.2, 0.25) is 5.91 Å². The molecule has 0 radical (unpaired) electrons. The van der Waals surface area contributed by atoms with Crippen molar-refractivity contribution >= 4 is 22.8 Å². The van der Waals surface area contributed by atoms with Gasteiger partial charge in [0.25, 0.3) is 0 Å². The number of benzene rings is 1. The largest absolute Gasteiger partial charge is 0.497 e. The van der Waals surface area contributed by atoms with Crippen molar-refractivity contribution in [3.63, 3.8) is 0 Å². The molecule has 2 aromatic heterocycles. The van der Waals surface area contributed by atoms with E-state index < -0.39 is 0 Å². The Balaban J connectivity index is 1.32. The van der Waals surface area contributed by atoms with Crippen LogP contribution in [-0.2, 0) is 22.5 Å². The lowest BCUT2D eigenvalue weighted by atomic mass is 10.1. The molecule has 170 valence electrons. The van der Waals surface area contributed by atoms with Crippen LogP contribution in [0.2, 0.25) is 0 Å². The Hall–Kier alpha value is -3.20. The number of ether oxygens (including phenoxy) is 2. The summed E-state index contributed by atoms with van der Waals surface area (Å²) in [6.07, 6.45) is 4.80. The quantitative estimate of drug-likeness (QED) is 0.576. The summed E-state index contributed by atoms with van der Waals surface area (Å²) in [5.41, 5.74) is 1.88. The number of hydrogen-bond donors (Lipinski definition) is 1. The highest BCUT2D eigenvalue weighted by molar-refractivity contribution is 5.86. The number of rotatable bonds is 8. The molecule has 9 heteroatoms. The van der Waals surface area contributed by atoms with Gasteiger partial charge in [-0.05, 0) is 38.0 Å². The Morgan fingerprint density at radius 3 is 2.66 bits per heavy atom. The molecular formula is C23H30N6O3. The number of carbonyl (C=O) groups excluding carboxylic acids is 1. The highest BCUT2D eigenvalue weighted by atomic mass is 16.5. The van der Waals surface area contributed by atoms with Gasteiger partial charge < -0.3 is 19.7 Å². The van der Waals surface area contributed by atoms with Crippen LogP contribution < -0.4 is 15.0 Å². The number of hydrogen-bond acceptors (Lipinski definition) is 7. The smallest absolute Gasteiger partial charge is 0.220 e. The van der Waals surface area contributed by atoms with Gasteiger partial charge in [0.15, 0.2) is 5.65 Å². The summed E-state index contributed by atoms with van der Waals surface area (Å²) in [5.74, 6) is 1.71. The van der Waals surface area contributed by atoms with Gasteiger partial charge in [0.05, 0.1) is 37.4 Å². The maximum atomic E-state index is 12.2. The summed E-state index contributed by atoms with van der Waals surface area (Å²) in [4.78, 5) is 23.4. The van der Waals surface area contributed by atoms with Gasteiger partial charge in [0.1, 0.15) is 17.9 Å². The number of morpholine rings is 1. The van der Waals surface area contributed by atoms with Crippen LogP contribution >= 0.6 is 0 Å². The minimum atomic E-state index is 0.0175. The summed E-state index contributed by atoms with van der Waals surface area (Å²) in [7, 11) is 1.64. The van der Waals surface area contributed by atoms with E-state index in [1.54, 1.807) is 19.6 Å². The highest BCUT2D eigenvalue weighted by Crippen LogP contribution is 2.25. The Morgan fingerprint density at radius 2 is 1.94 bits per heavy atom. The molecule has 0 saturated carbocycles. The number of anilines is 1. The zero-order chi connectivity index (χ0) is 22.5. The standard InChI is InChI=1S/C23H30N6O3/c1-16-13-28(14-17(2)32-16)22-20-12-27-29(23(20)26-15-25-22)11-10-24-21(30)9-6-18-4-7-19(31-3)8-5-18/h4-5,7-8,12,15-17H,6,9-11,13-14H2,1-3H3,(H,24,30). The maximum absolute atomic E-state index is 12.2. The molecule has 1 N–H and O–H groups in total. The molecule has 1 aromatic carbocycles. The molecule has 2 atom stereocenters. The lowest BCUT2D eigenvalue weighted by molar-refractivity contribution is -0.121. The van der Waals surface area contributed by atoms with E-state index in [1.807, 2.05) is 28.9 Å². The van der Waals surface area contributed by atoms with E-state index in [1.165, 1.54) is 0 Å². The molecule has 3 aromatic rings. The molecule has 1 aliphatic rings. The summed E-state index contributed by atoms with van der Waals surface area (Å²) in [5, 5.41) is 8.38. The molecule has 0 aliphatic carbocycles. The lowest BCUT2D eigenvalue weighted by Gasteiger charge is -2.36. The van der Waals surface area contributed by atoms with Crippen LogP contribution in [-0.4, -0.2) is 64.6 Å². The second-order valence-electron chi connectivity index (χ2n) is 8.16. The van der Waals surface area contributed by atoms with E-state index in [0.29, 0.717) is 25.9 Å². The van der Waals surface area contributed by atoms with Gasteiger partial charge in [-0.15, -0.1) is 0 Å². The molecular weight excluding hydrogens is 408 g/mol. The number of fused-ring (bicyclic) bond motifs is 1. The third-order valence-electron chi connectivity index (χ3n) is 5.58. The van der Waals surface area contributed by atoms with Gasteiger partial charge in [-0.2, -0.15) is 5.10 Å². The summed E-state index contributed by atoms with van der Waals surface area (Å²) >= 11 is 0. The van der Waals surface area contributed by atoms with Crippen molar-refractivity contribution in [3.05, 3.63) is 42.4 Å². The number of carbonyl (C=O) groups is 1. The molecule has 32 heavy (non-hydrogen) atoms. The number of aromatic nitrogens is 4. The summed E-state index contributed by atoms with van der Waals surface area (Å²) < 4.78 is 12.8. The monoisotopic (exact) mass is 438 g/mol. The molecule has 3 heterocycles. The maximum Gasteiger partial charge on any atom is 0.220 e. The van der Waals surface area contributed by atoms with E-state index in [4.69, 9.17) is 9.47 Å². The van der Waals surface area contributed by atoms with Gasteiger partial charge in [-0.3, -0.25) is 4.79 Å². The van der Waals surface area contributed by atoms with Crippen LogP contribution in [0.25, 0.3) is 11.0 Å². The van der Waals surface area contributed by atoms with E-state index >= 15 is 0 Å². The second-order valence-corrected chi connectivity index (χ2v) is 8.16. The van der Waals surface area contributed by atoms with Gasteiger partial charge in [-0.1, -0.05) is 12.1 Å². The molecule has 4 rings (SSSR count). The van der Waals surface area contributed by atoms with E-state index in [9.17, 15) is 4.79 Å². The highest BCUT2D eigenvalue weighted by Gasteiger charge is 2.25. The van der Waals surface area contributed by atoms with Crippen LogP contribution in [0, 0.1) is 0 Å². The van der Waals surface area contributed by atoms with Crippen molar-refractivity contribution in [2.24, 2.45) is 0 Å². The molecule has 2 unspecified atom stereocenters. The molecule has 1 saturated heterocycles. The Kier molecular flexibility index (Phi) is 6.84. The topological polar surface area (TPSA) is 94.4 Å². The van der Waals surface area contributed by atoms with Crippen LogP contribution in [0.1, 0.15) is 25.8 Å². The Bertz CT molecular complexity index is 1040. The SMILES string of the molecule is COc1ccc(CCC(=O)NCCn2ncc3c(N4CC(C)OC(C)C4)ncnc32)cc1. The molecule has 9 nitrogen and oxygen atoms in total. The fourth-order valence-electron chi connectivity index (χ4n) is 4.09. The number of nitrogens with zero attached hydrogens (tertiary/aromatic N) is 5. The zero-order valence-electron chi connectivity index (χ0n) is 18.8. The first-order valence-electron chi connectivity index (χ1n) is 11.0. The Morgan fingerprint density at radius 1 is 1.19 bits per heavy atom. The van der Waals surface area contributed by atoms with Crippen molar-refractivity contribution in [2.75, 3.05) is 31.6 Å². The third kappa shape index (κ3) is 5.16. The molecule has 0 bridgehead atoms. The van der Waals surface area contributed by atoms with Crippen LogP contribution in [0.15, 0.2) is 36.8 Å². The summed E-state index contributed by atoms with van der Waals surface area (Å²) in [6.45, 7) is 6.74. The third-order valence-corrected chi connectivity index (χ3v) is 5.58. The molecule has 1 amide bonds. The van der Waals surface area contributed by atoms with Crippen LogP contribution in [0.4, 0.5) is 5.82 Å². The number of aryl methyl sites for hydroxylation is 1. The van der Waals surface area contributed by atoms with Crippen molar-refractivity contribution in [1.82, 2.24) is 25.1 Å². The van der Waals surface area contributed by atoms with Crippen molar-refractivity contribution in [3.8, 4) is 5.75 Å². The summed E-state index contributed by atoms with van der Waals surface area (Å²) in [6, 6.07) is 7.78. The van der Waals surface area contributed by atoms with Gasteiger partial charge in [0, 0.05) is 26.1 Å². The van der Waals surface area contributed by atoms with E-state index in [-0.39, 0.29) is 18.1 Å².